The van der Waals surface area contributed by atoms with Crippen LogP contribution in [0.5, 0.6) is 0 Å². The summed E-state index contributed by atoms with van der Waals surface area (Å²) in [5, 5.41) is 8.00. The van der Waals surface area contributed by atoms with E-state index in [0.717, 1.165) is 6.42 Å². The van der Waals surface area contributed by atoms with Gasteiger partial charge in [0.1, 0.15) is 0 Å². The molecule has 0 aliphatic carbocycles. The van der Waals surface area contributed by atoms with E-state index in [1.807, 2.05) is 6.92 Å². The number of hydrogen-bond donors (Lipinski definition) is 1. The van der Waals surface area contributed by atoms with Gasteiger partial charge in [0, 0.05) is 19.3 Å². The first-order chi connectivity index (χ1) is 7.23. The Labute approximate surface area is 94.8 Å². The van der Waals surface area contributed by atoms with Crippen molar-refractivity contribution in [1.29, 1.82) is 0 Å². The van der Waals surface area contributed by atoms with E-state index in [-0.39, 0.29) is 11.6 Å². The number of carbonyl (C=O) groups is 4. The van der Waals surface area contributed by atoms with Crippen LogP contribution in [0.4, 0.5) is 0 Å². The largest absolute Gasteiger partial charge is 0.475 e. The fraction of sp³-hybridized carbons (Fsp3) is 0.636. The quantitative estimate of drug-likeness (QED) is 0.718. The fourth-order valence-electron chi connectivity index (χ4n) is 0.650. The Kier molecular flexibility index (Phi) is 9.25. The van der Waals surface area contributed by atoms with Crippen molar-refractivity contribution in [2.24, 2.45) is 5.92 Å². The standard InChI is InChI=1S/C6H10O2.C5H8O3/c1-3-4-6(8)5(2)7;1-3(2)4(6)5(7)8/h3-4H2,1-2H3;3H,1-2H3,(H,7,8). The predicted molar refractivity (Wildman–Crippen MR) is 58.1 cm³/mol. The number of ketones is 3. The zero-order valence-electron chi connectivity index (χ0n) is 10.1. The summed E-state index contributed by atoms with van der Waals surface area (Å²) in [5.74, 6) is -3.06. The minimum absolute atomic E-state index is 0.257. The molecule has 0 aromatic rings. The smallest absolute Gasteiger partial charge is 0.372 e. The topological polar surface area (TPSA) is 88.5 Å². The maximum absolute atomic E-state index is 10.4. The second-order valence-electron chi connectivity index (χ2n) is 3.55. The van der Waals surface area contributed by atoms with E-state index in [4.69, 9.17) is 5.11 Å². The molecule has 0 rings (SSSR count). The molecule has 0 bridgehead atoms. The molecule has 92 valence electrons. The van der Waals surface area contributed by atoms with Crippen molar-refractivity contribution in [2.45, 2.75) is 40.5 Å². The van der Waals surface area contributed by atoms with Crippen LogP contribution in [-0.2, 0) is 19.2 Å². The molecule has 0 aliphatic heterocycles. The van der Waals surface area contributed by atoms with Crippen LogP contribution in [0.25, 0.3) is 0 Å². The minimum atomic E-state index is -1.35. The third kappa shape index (κ3) is 9.05. The molecule has 0 aliphatic rings. The second-order valence-corrected chi connectivity index (χ2v) is 3.55. The number of carboxylic acids is 1. The number of Topliss-reactive ketones (excluding diaryl/α,β-unsaturated/α-hetero) is 3. The van der Waals surface area contributed by atoms with Crippen molar-refractivity contribution in [1.82, 2.24) is 0 Å². The zero-order chi connectivity index (χ0) is 13.3. The average Bonchev–Trinajstić information content (AvgIpc) is 2.17. The highest BCUT2D eigenvalue weighted by molar-refractivity contribution is 6.36. The third-order valence-corrected chi connectivity index (χ3v) is 1.60. The highest BCUT2D eigenvalue weighted by atomic mass is 16.4. The van der Waals surface area contributed by atoms with Crippen LogP contribution in [0.2, 0.25) is 0 Å². The lowest BCUT2D eigenvalue weighted by atomic mass is 10.1. The molecule has 0 heterocycles. The normalized spacial score (nSPS) is 9.06. The van der Waals surface area contributed by atoms with E-state index in [0.29, 0.717) is 6.42 Å². The van der Waals surface area contributed by atoms with Gasteiger partial charge < -0.3 is 5.11 Å². The molecule has 0 saturated heterocycles. The lowest BCUT2D eigenvalue weighted by molar-refractivity contribution is -0.150. The van der Waals surface area contributed by atoms with Gasteiger partial charge >= 0.3 is 5.97 Å². The van der Waals surface area contributed by atoms with Crippen LogP contribution in [-0.4, -0.2) is 28.4 Å². The molecule has 0 aromatic carbocycles. The van der Waals surface area contributed by atoms with Crippen LogP contribution >= 0.6 is 0 Å². The average molecular weight is 230 g/mol. The number of aliphatic carboxylic acids is 1. The Hall–Kier alpha value is -1.52. The molecular formula is C11H18O5. The van der Waals surface area contributed by atoms with E-state index >= 15 is 0 Å². The first kappa shape index (κ1) is 16.9. The maximum atomic E-state index is 10.4. The Bertz CT molecular complexity index is 278. The van der Waals surface area contributed by atoms with Crippen LogP contribution in [0.1, 0.15) is 40.5 Å². The van der Waals surface area contributed by atoms with E-state index in [9.17, 15) is 19.2 Å². The van der Waals surface area contributed by atoms with Gasteiger partial charge in [-0.2, -0.15) is 0 Å². The Balaban J connectivity index is 0. The van der Waals surface area contributed by atoms with E-state index in [1.165, 1.54) is 6.92 Å². The van der Waals surface area contributed by atoms with E-state index < -0.39 is 17.7 Å². The van der Waals surface area contributed by atoms with Crippen molar-refractivity contribution in [3.63, 3.8) is 0 Å². The van der Waals surface area contributed by atoms with Gasteiger partial charge in [-0.1, -0.05) is 20.8 Å². The van der Waals surface area contributed by atoms with Crippen LogP contribution in [0.3, 0.4) is 0 Å². The fourth-order valence-corrected chi connectivity index (χ4v) is 0.650. The molecule has 16 heavy (non-hydrogen) atoms. The molecule has 0 amide bonds. The summed E-state index contributed by atoms with van der Waals surface area (Å²) in [5.41, 5.74) is 0. The molecule has 0 saturated carbocycles. The number of carboxylic acid groups (broad SMARTS) is 1. The molecule has 0 aromatic heterocycles. The Morgan fingerprint density at radius 3 is 1.62 bits per heavy atom. The van der Waals surface area contributed by atoms with Gasteiger partial charge in [-0.05, 0) is 6.42 Å². The lowest BCUT2D eigenvalue weighted by Gasteiger charge is -1.93. The van der Waals surface area contributed by atoms with Crippen LogP contribution in [0, 0.1) is 5.92 Å². The molecule has 5 nitrogen and oxygen atoms in total. The van der Waals surface area contributed by atoms with Crippen LogP contribution < -0.4 is 0 Å². The minimum Gasteiger partial charge on any atom is -0.475 e. The SMILES string of the molecule is CC(C)C(=O)C(=O)O.CCCC(=O)C(C)=O. The van der Waals surface area contributed by atoms with Crippen molar-refractivity contribution in [2.75, 3.05) is 0 Å². The summed E-state index contributed by atoms with van der Waals surface area (Å²) in [6.45, 7) is 6.28. The van der Waals surface area contributed by atoms with Gasteiger partial charge in [0.05, 0.1) is 0 Å². The summed E-state index contributed by atoms with van der Waals surface area (Å²) in [4.78, 5) is 40.6. The molecule has 5 heteroatoms. The number of rotatable bonds is 5. The van der Waals surface area contributed by atoms with Crippen molar-refractivity contribution in [3.05, 3.63) is 0 Å². The Morgan fingerprint density at radius 1 is 1.12 bits per heavy atom. The van der Waals surface area contributed by atoms with Crippen LogP contribution in [0.15, 0.2) is 0 Å². The number of hydrogen-bond acceptors (Lipinski definition) is 4. The van der Waals surface area contributed by atoms with Gasteiger partial charge in [0.15, 0.2) is 11.6 Å². The lowest BCUT2D eigenvalue weighted by Crippen LogP contribution is -2.18. The molecule has 0 fully saturated rings. The summed E-state index contributed by atoms with van der Waals surface area (Å²) in [7, 11) is 0. The molecule has 0 unspecified atom stereocenters. The molecule has 0 atom stereocenters. The summed E-state index contributed by atoms with van der Waals surface area (Å²) < 4.78 is 0. The molecule has 0 radical (unpaired) electrons. The molecule has 1 N–H and O–H groups in total. The third-order valence-electron chi connectivity index (χ3n) is 1.60. The highest BCUT2D eigenvalue weighted by Crippen LogP contribution is 1.92. The predicted octanol–water partition coefficient (Wildman–Crippen LogP) is 1.24. The van der Waals surface area contributed by atoms with Gasteiger partial charge in [0.2, 0.25) is 5.78 Å². The highest BCUT2D eigenvalue weighted by Gasteiger charge is 2.14. The Morgan fingerprint density at radius 2 is 1.56 bits per heavy atom. The van der Waals surface area contributed by atoms with Gasteiger partial charge in [-0.25, -0.2) is 4.79 Å². The second kappa shape index (κ2) is 8.76. The van der Waals surface area contributed by atoms with Gasteiger partial charge in [-0.15, -0.1) is 0 Å². The summed E-state index contributed by atoms with van der Waals surface area (Å²) >= 11 is 0. The molecule has 0 spiro atoms. The first-order valence-electron chi connectivity index (χ1n) is 5.04. The van der Waals surface area contributed by atoms with Gasteiger partial charge in [0.25, 0.3) is 0 Å². The summed E-state index contributed by atoms with van der Waals surface area (Å²) in [6, 6.07) is 0. The van der Waals surface area contributed by atoms with Crippen molar-refractivity contribution in [3.8, 4) is 0 Å². The molecular weight excluding hydrogens is 212 g/mol. The first-order valence-corrected chi connectivity index (χ1v) is 5.04. The van der Waals surface area contributed by atoms with Crippen molar-refractivity contribution < 1.29 is 24.3 Å². The number of carbonyl (C=O) groups excluding carboxylic acids is 3. The van der Waals surface area contributed by atoms with Crippen molar-refractivity contribution >= 4 is 23.3 Å². The van der Waals surface area contributed by atoms with Gasteiger partial charge in [-0.3, -0.25) is 14.4 Å². The van der Waals surface area contributed by atoms with E-state index in [2.05, 4.69) is 0 Å². The maximum Gasteiger partial charge on any atom is 0.372 e. The summed E-state index contributed by atoms with van der Waals surface area (Å²) in [6.07, 6.45) is 1.16. The van der Waals surface area contributed by atoms with E-state index in [1.54, 1.807) is 13.8 Å². The zero-order valence-corrected chi connectivity index (χ0v) is 10.1. The monoisotopic (exact) mass is 230 g/mol.